The lowest BCUT2D eigenvalue weighted by Crippen LogP contribution is -2.23. The Kier molecular flexibility index (Phi) is 10.5. The summed E-state index contributed by atoms with van der Waals surface area (Å²) in [5.41, 5.74) is 1.03. The molecule has 2 atom stereocenters. The molecule has 0 aliphatic carbocycles. The number of ether oxygens (including phenoxy) is 2. The molecule has 31 heavy (non-hydrogen) atoms. The number of thiol groups is 1. The third-order valence-corrected chi connectivity index (χ3v) is 6.48. The summed E-state index contributed by atoms with van der Waals surface area (Å²) in [6, 6.07) is 10.8. The van der Waals surface area contributed by atoms with Crippen LogP contribution in [0.1, 0.15) is 25.0 Å². The summed E-state index contributed by atoms with van der Waals surface area (Å²) in [5, 5.41) is 13.3. The van der Waals surface area contributed by atoms with Crippen LogP contribution in [0.3, 0.4) is 0 Å². The van der Waals surface area contributed by atoms with Gasteiger partial charge < -0.3 is 14.6 Å². The fraction of sp³-hybridized carbons (Fsp3) is 0.333. The number of hydrogen-bond acceptors (Lipinski definition) is 7. The van der Waals surface area contributed by atoms with Gasteiger partial charge in [-0.3, -0.25) is 10.1 Å². The van der Waals surface area contributed by atoms with Crippen molar-refractivity contribution in [3.05, 3.63) is 50.9 Å². The van der Waals surface area contributed by atoms with Crippen LogP contribution in [0.2, 0.25) is 0 Å². The number of nitrogens with one attached hydrogen (secondary N) is 1. The highest BCUT2D eigenvalue weighted by Gasteiger charge is 2.28. The van der Waals surface area contributed by atoms with Crippen LogP contribution in [0.4, 0.5) is 10.5 Å². The molecule has 0 aliphatic rings. The second-order valence-electron chi connectivity index (χ2n) is 6.65. The molecule has 0 fully saturated rings. The molecule has 0 heterocycles. The standard InChI is InChI=1S/C21H23Br2NO5S2/c1-12(7-8-28-18(25)11-30)20(16-9-13(22)10-17(23)19(16)26)29-21(27)24-14-3-5-15(31-2)6-4-14/h3-6,9-10,12,20,26,30H,7-8,11H2,1-2H3,(H,24,27)/t12-,20-/m1/s1. The number of phenolic OH excluding ortho intramolecular Hbond substituents is 1. The van der Waals surface area contributed by atoms with E-state index in [0.717, 1.165) is 4.90 Å². The normalized spacial score (nSPS) is 12.7. The van der Waals surface area contributed by atoms with E-state index in [1.54, 1.807) is 36.0 Å². The Morgan fingerprint density at radius 1 is 1.23 bits per heavy atom. The van der Waals surface area contributed by atoms with Crippen LogP contribution in [0.5, 0.6) is 5.75 Å². The molecule has 0 saturated heterocycles. The molecule has 0 spiro atoms. The maximum Gasteiger partial charge on any atom is 0.412 e. The summed E-state index contributed by atoms with van der Waals surface area (Å²) < 4.78 is 12.0. The van der Waals surface area contributed by atoms with E-state index in [4.69, 9.17) is 9.47 Å². The van der Waals surface area contributed by atoms with Crippen LogP contribution in [-0.2, 0) is 14.3 Å². The number of phenols is 1. The molecule has 2 rings (SSSR count). The van der Waals surface area contributed by atoms with Gasteiger partial charge in [-0.25, -0.2) is 4.79 Å². The van der Waals surface area contributed by atoms with Crippen molar-refractivity contribution in [1.82, 2.24) is 0 Å². The summed E-state index contributed by atoms with van der Waals surface area (Å²) in [5.74, 6) is -0.716. The second kappa shape index (κ2) is 12.6. The Hall–Kier alpha value is -1.36. The minimum atomic E-state index is -0.783. The van der Waals surface area contributed by atoms with Crippen molar-refractivity contribution < 1.29 is 24.2 Å². The van der Waals surface area contributed by atoms with Gasteiger partial charge in [-0.05, 0) is 65.0 Å². The number of aromatic hydroxyl groups is 1. The molecule has 10 heteroatoms. The molecule has 168 valence electrons. The van der Waals surface area contributed by atoms with Crippen LogP contribution >= 0.6 is 56.3 Å². The summed E-state index contributed by atoms with van der Waals surface area (Å²) in [6.07, 6.45) is 0.952. The highest BCUT2D eigenvalue weighted by Crippen LogP contribution is 2.40. The van der Waals surface area contributed by atoms with E-state index < -0.39 is 18.2 Å². The molecule has 1 amide bonds. The summed E-state index contributed by atoms with van der Waals surface area (Å²) >= 11 is 12.2. The first-order chi connectivity index (χ1) is 14.7. The molecule has 0 aliphatic heterocycles. The Labute approximate surface area is 208 Å². The van der Waals surface area contributed by atoms with E-state index in [1.807, 2.05) is 25.3 Å². The molecule has 0 aromatic heterocycles. The van der Waals surface area contributed by atoms with E-state index >= 15 is 0 Å². The maximum atomic E-state index is 12.6. The number of rotatable bonds is 9. The highest BCUT2D eigenvalue weighted by molar-refractivity contribution is 9.11. The smallest absolute Gasteiger partial charge is 0.412 e. The van der Waals surface area contributed by atoms with Crippen LogP contribution in [-0.4, -0.2) is 35.8 Å². The second-order valence-corrected chi connectivity index (χ2v) is 9.62. The first-order valence-corrected chi connectivity index (χ1v) is 12.8. The zero-order chi connectivity index (χ0) is 23.0. The van der Waals surface area contributed by atoms with Gasteiger partial charge in [-0.2, -0.15) is 12.6 Å². The van der Waals surface area contributed by atoms with Crippen molar-refractivity contribution in [2.24, 2.45) is 5.92 Å². The van der Waals surface area contributed by atoms with Gasteiger partial charge in [0.1, 0.15) is 11.9 Å². The third kappa shape index (κ3) is 7.93. The van der Waals surface area contributed by atoms with Gasteiger partial charge in [-0.1, -0.05) is 22.9 Å². The van der Waals surface area contributed by atoms with Gasteiger partial charge >= 0.3 is 12.1 Å². The van der Waals surface area contributed by atoms with Gasteiger partial charge in [0.15, 0.2) is 0 Å². The molecule has 6 nitrogen and oxygen atoms in total. The third-order valence-electron chi connectivity index (χ3n) is 4.42. The molecule has 0 bridgehead atoms. The number of benzene rings is 2. The SMILES string of the molecule is CSc1ccc(NC(=O)O[C@@H](c2cc(Br)cc(Br)c2O)[C@H](C)CCOC(=O)CS)cc1. The lowest BCUT2D eigenvalue weighted by Gasteiger charge is -2.26. The predicted molar refractivity (Wildman–Crippen MR) is 133 cm³/mol. The van der Waals surface area contributed by atoms with Crippen molar-refractivity contribution in [3.63, 3.8) is 0 Å². The number of carbonyl (C=O) groups excluding carboxylic acids is 2. The van der Waals surface area contributed by atoms with Crippen LogP contribution in [0.15, 0.2) is 50.2 Å². The Bertz CT molecular complexity index is 911. The summed E-state index contributed by atoms with van der Waals surface area (Å²) in [4.78, 5) is 25.1. The summed E-state index contributed by atoms with van der Waals surface area (Å²) in [6.45, 7) is 2.00. The quantitative estimate of drug-likeness (QED) is 0.177. The fourth-order valence-electron chi connectivity index (χ4n) is 2.78. The Morgan fingerprint density at radius 3 is 2.52 bits per heavy atom. The minimum Gasteiger partial charge on any atom is -0.506 e. The predicted octanol–water partition coefficient (Wildman–Crippen LogP) is 6.43. The van der Waals surface area contributed by atoms with E-state index in [-0.39, 0.29) is 24.0 Å². The van der Waals surface area contributed by atoms with Crippen molar-refractivity contribution in [2.45, 2.75) is 24.3 Å². The van der Waals surface area contributed by atoms with Gasteiger partial charge in [-0.15, -0.1) is 11.8 Å². The minimum absolute atomic E-state index is 0.00852. The topological polar surface area (TPSA) is 84.9 Å². The average molecular weight is 593 g/mol. The van der Waals surface area contributed by atoms with E-state index in [0.29, 0.717) is 26.6 Å². The highest BCUT2D eigenvalue weighted by atomic mass is 79.9. The number of esters is 1. The van der Waals surface area contributed by atoms with E-state index in [9.17, 15) is 14.7 Å². The molecule has 2 aromatic rings. The van der Waals surface area contributed by atoms with Gasteiger partial charge in [0.25, 0.3) is 0 Å². The lowest BCUT2D eigenvalue weighted by atomic mass is 9.94. The molecule has 0 saturated carbocycles. The molecular formula is C21H23Br2NO5S2. The van der Waals surface area contributed by atoms with Gasteiger partial charge in [0.2, 0.25) is 0 Å². The van der Waals surface area contributed by atoms with E-state index in [2.05, 4.69) is 49.8 Å². The number of carbonyl (C=O) groups is 2. The molecule has 0 radical (unpaired) electrons. The Balaban J connectivity index is 2.20. The number of thioether (sulfide) groups is 1. The largest absolute Gasteiger partial charge is 0.506 e. The molecule has 2 N–H and O–H groups in total. The van der Waals surface area contributed by atoms with Crippen molar-refractivity contribution in [1.29, 1.82) is 0 Å². The monoisotopic (exact) mass is 591 g/mol. The number of hydrogen-bond donors (Lipinski definition) is 3. The zero-order valence-electron chi connectivity index (χ0n) is 16.9. The fourth-order valence-corrected chi connectivity index (χ4v) is 4.54. The van der Waals surface area contributed by atoms with Crippen LogP contribution in [0, 0.1) is 5.92 Å². The number of amides is 1. The number of halogens is 2. The van der Waals surface area contributed by atoms with Crippen LogP contribution in [0.25, 0.3) is 0 Å². The van der Waals surface area contributed by atoms with Crippen molar-refractivity contribution in [3.8, 4) is 5.75 Å². The van der Waals surface area contributed by atoms with Gasteiger partial charge in [0.05, 0.1) is 16.8 Å². The Morgan fingerprint density at radius 2 is 1.90 bits per heavy atom. The van der Waals surface area contributed by atoms with Gasteiger partial charge in [0, 0.05) is 26.5 Å². The lowest BCUT2D eigenvalue weighted by molar-refractivity contribution is -0.141. The van der Waals surface area contributed by atoms with Crippen molar-refractivity contribution >= 4 is 74.0 Å². The zero-order valence-corrected chi connectivity index (χ0v) is 21.8. The molecule has 0 unspecified atom stereocenters. The van der Waals surface area contributed by atoms with Crippen molar-refractivity contribution in [2.75, 3.05) is 23.9 Å². The van der Waals surface area contributed by atoms with Crippen LogP contribution < -0.4 is 5.32 Å². The number of anilines is 1. The average Bonchev–Trinajstić information content (AvgIpc) is 2.75. The summed E-state index contributed by atoms with van der Waals surface area (Å²) in [7, 11) is 0. The molecular weight excluding hydrogens is 570 g/mol. The molecule has 2 aromatic carbocycles. The first-order valence-electron chi connectivity index (χ1n) is 9.31. The first kappa shape index (κ1) is 25.9. The maximum absolute atomic E-state index is 12.6. The van der Waals surface area contributed by atoms with E-state index in [1.165, 1.54) is 0 Å².